The molecule has 0 aliphatic carbocycles. The Morgan fingerprint density at radius 1 is 1.33 bits per heavy atom. The number of ether oxygens (including phenoxy) is 1. The number of amides is 3. The molecule has 1 aromatic rings. The van der Waals surface area contributed by atoms with Gasteiger partial charge in [0, 0.05) is 12.2 Å². The van der Waals surface area contributed by atoms with Gasteiger partial charge in [-0.15, -0.1) is 0 Å². The Morgan fingerprint density at radius 2 is 2.04 bits per heavy atom. The van der Waals surface area contributed by atoms with E-state index >= 15 is 0 Å². The lowest BCUT2D eigenvalue weighted by Gasteiger charge is -2.28. The second-order valence-electron chi connectivity index (χ2n) is 7.23. The summed E-state index contributed by atoms with van der Waals surface area (Å²) in [4.78, 5) is 37.9. The molecule has 1 atom stereocenters. The van der Waals surface area contributed by atoms with E-state index in [4.69, 9.17) is 16.3 Å². The van der Waals surface area contributed by atoms with Gasteiger partial charge in [0.15, 0.2) is 0 Å². The largest absolute Gasteiger partial charge is 0.444 e. The quantitative estimate of drug-likeness (QED) is 0.814. The minimum absolute atomic E-state index is 0.115. The van der Waals surface area contributed by atoms with Gasteiger partial charge in [-0.05, 0) is 51.8 Å². The predicted octanol–water partition coefficient (Wildman–Crippen LogP) is 2.93. The normalized spacial score (nSPS) is 16.8. The van der Waals surface area contributed by atoms with E-state index in [0.717, 1.165) is 6.07 Å². The first-order chi connectivity index (χ1) is 12.6. The average Bonchev–Trinajstić information content (AvgIpc) is 3.04. The summed E-state index contributed by atoms with van der Waals surface area (Å²) < 4.78 is 18.4. The third-order valence-corrected chi connectivity index (χ3v) is 4.10. The smallest absolute Gasteiger partial charge is 0.410 e. The molecule has 1 saturated heterocycles. The summed E-state index contributed by atoms with van der Waals surface area (Å²) in [5.74, 6) is -1.51. The molecule has 3 amide bonds. The summed E-state index contributed by atoms with van der Waals surface area (Å²) in [6, 6.07) is 3.10. The first kappa shape index (κ1) is 21.0. The Labute approximate surface area is 162 Å². The number of likely N-dealkylation sites (tertiary alicyclic amines) is 1. The Hall–Kier alpha value is -2.35. The highest BCUT2D eigenvalue weighted by molar-refractivity contribution is 6.31. The van der Waals surface area contributed by atoms with Crippen LogP contribution < -0.4 is 10.6 Å². The van der Waals surface area contributed by atoms with Crippen LogP contribution >= 0.6 is 11.6 Å². The number of nitrogens with zero attached hydrogens (tertiary/aromatic N) is 1. The first-order valence-corrected chi connectivity index (χ1v) is 8.97. The monoisotopic (exact) mass is 399 g/mol. The van der Waals surface area contributed by atoms with E-state index in [1.54, 1.807) is 20.8 Å². The van der Waals surface area contributed by atoms with Gasteiger partial charge in [0.05, 0.1) is 11.6 Å². The minimum atomic E-state index is -0.673. The van der Waals surface area contributed by atoms with Crippen molar-refractivity contribution < 1.29 is 23.5 Å². The van der Waals surface area contributed by atoms with Gasteiger partial charge in [-0.25, -0.2) is 9.18 Å². The maximum atomic E-state index is 13.1. The molecular weight excluding hydrogens is 377 g/mol. The van der Waals surface area contributed by atoms with Gasteiger partial charge in [-0.1, -0.05) is 11.6 Å². The van der Waals surface area contributed by atoms with Crippen molar-refractivity contribution in [2.45, 2.75) is 45.3 Å². The van der Waals surface area contributed by atoms with Gasteiger partial charge < -0.3 is 15.4 Å². The molecule has 0 saturated carbocycles. The maximum absolute atomic E-state index is 13.1. The molecule has 1 aliphatic heterocycles. The average molecular weight is 400 g/mol. The molecule has 1 unspecified atom stereocenters. The summed E-state index contributed by atoms with van der Waals surface area (Å²) in [6.07, 6.45) is 0.628. The van der Waals surface area contributed by atoms with Crippen LogP contribution in [0.5, 0.6) is 0 Å². The molecule has 1 fully saturated rings. The molecule has 9 heteroatoms. The Kier molecular flexibility index (Phi) is 6.64. The lowest BCUT2D eigenvalue weighted by Crippen LogP contribution is -2.48. The highest BCUT2D eigenvalue weighted by atomic mass is 35.5. The number of halogens is 2. The second-order valence-corrected chi connectivity index (χ2v) is 7.63. The number of nitrogens with one attached hydrogen (secondary N) is 2. The second kappa shape index (κ2) is 8.56. The van der Waals surface area contributed by atoms with Gasteiger partial charge in [0.25, 0.3) is 0 Å². The summed E-state index contributed by atoms with van der Waals surface area (Å²) in [5.41, 5.74) is -0.339. The van der Waals surface area contributed by atoms with Crippen molar-refractivity contribution in [2.24, 2.45) is 0 Å². The fourth-order valence-electron chi connectivity index (χ4n) is 2.64. The Bertz CT molecular complexity index is 736. The van der Waals surface area contributed by atoms with E-state index in [0.29, 0.717) is 25.1 Å². The fourth-order valence-corrected chi connectivity index (χ4v) is 2.82. The molecule has 27 heavy (non-hydrogen) atoms. The third kappa shape index (κ3) is 6.09. The number of hydrogen-bond acceptors (Lipinski definition) is 4. The van der Waals surface area contributed by atoms with Crippen LogP contribution in [0.1, 0.15) is 33.6 Å². The highest BCUT2D eigenvalue weighted by Crippen LogP contribution is 2.21. The SMILES string of the molecule is CC(C)(C)OC(=O)N1CCCC1C(=O)NCC(=O)Nc1ccc(F)c(Cl)c1. The molecule has 2 rings (SSSR count). The molecule has 7 nitrogen and oxygen atoms in total. The Balaban J connectivity index is 1.87. The van der Waals surface area contributed by atoms with Gasteiger partial charge in [0.2, 0.25) is 11.8 Å². The molecule has 1 heterocycles. The summed E-state index contributed by atoms with van der Waals surface area (Å²) in [5, 5.41) is 4.91. The fraction of sp³-hybridized carbons (Fsp3) is 0.500. The van der Waals surface area contributed by atoms with Crippen LogP contribution in [-0.2, 0) is 14.3 Å². The lowest BCUT2D eigenvalue weighted by molar-refractivity contribution is -0.127. The molecular formula is C18H23ClFN3O4. The van der Waals surface area contributed by atoms with Crippen LogP contribution in [-0.4, -0.2) is 47.5 Å². The summed E-state index contributed by atoms with van der Waals surface area (Å²) in [7, 11) is 0. The summed E-state index contributed by atoms with van der Waals surface area (Å²) in [6.45, 7) is 5.39. The first-order valence-electron chi connectivity index (χ1n) is 8.59. The van der Waals surface area contributed by atoms with Crippen molar-refractivity contribution in [3.05, 3.63) is 29.0 Å². The molecule has 0 aromatic heterocycles. The number of hydrogen-bond donors (Lipinski definition) is 2. The van der Waals surface area contributed by atoms with E-state index in [9.17, 15) is 18.8 Å². The minimum Gasteiger partial charge on any atom is -0.444 e. The molecule has 0 spiro atoms. The standard InChI is InChI=1S/C18H23ClFN3O4/c1-18(2,3)27-17(26)23-8-4-5-14(23)16(25)21-10-15(24)22-11-6-7-13(20)12(19)9-11/h6-7,9,14H,4-5,8,10H2,1-3H3,(H,21,25)(H,22,24). The van der Waals surface area contributed by atoms with E-state index in [1.165, 1.54) is 17.0 Å². The number of benzene rings is 1. The Morgan fingerprint density at radius 3 is 2.67 bits per heavy atom. The predicted molar refractivity (Wildman–Crippen MR) is 99.0 cm³/mol. The van der Waals surface area contributed by atoms with Gasteiger partial charge >= 0.3 is 6.09 Å². The third-order valence-electron chi connectivity index (χ3n) is 3.81. The molecule has 148 valence electrons. The van der Waals surface area contributed by atoms with Crippen LogP contribution in [0, 0.1) is 5.82 Å². The zero-order valence-electron chi connectivity index (χ0n) is 15.5. The van der Waals surface area contributed by atoms with Gasteiger partial charge in [0.1, 0.15) is 17.5 Å². The maximum Gasteiger partial charge on any atom is 0.410 e. The van der Waals surface area contributed by atoms with Gasteiger partial charge in [-0.3, -0.25) is 14.5 Å². The zero-order valence-corrected chi connectivity index (χ0v) is 16.2. The van der Waals surface area contributed by atoms with Crippen molar-refractivity contribution in [1.29, 1.82) is 0 Å². The molecule has 2 N–H and O–H groups in total. The van der Waals surface area contributed by atoms with Crippen molar-refractivity contribution in [3.63, 3.8) is 0 Å². The number of rotatable bonds is 4. The van der Waals surface area contributed by atoms with E-state index in [-0.39, 0.29) is 11.6 Å². The number of carbonyl (C=O) groups excluding carboxylic acids is 3. The zero-order chi connectivity index (χ0) is 20.2. The van der Waals surface area contributed by atoms with Crippen molar-refractivity contribution in [1.82, 2.24) is 10.2 Å². The van der Waals surface area contributed by atoms with E-state index in [2.05, 4.69) is 10.6 Å². The lowest BCUT2D eigenvalue weighted by atomic mass is 10.2. The van der Waals surface area contributed by atoms with Crippen LogP contribution in [0.4, 0.5) is 14.9 Å². The van der Waals surface area contributed by atoms with E-state index in [1.807, 2.05) is 0 Å². The van der Waals surface area contributed by atoms with Crippen molar-refractivity contribution in [2.75, 3.05) is 18.4 Å². The van der Waals surface area contributed by atoms with Crippen LogP contribution in [0.2, 0.25) is 5.02 Å². The topological polar surface area (TPSA) is 87.7 Å². The van der Waals surface area contributed by atoms with Crippen molar-refractivity contribution in [3.8, 4) is 0 Å². The van der Waals surface area contributed by atoms with Crippen molar-refractivity contribution >= 4 is 35.2 Å². The van der Waals surface area contributed by atoms with Crippen LogP contribution in [0.25, 0.3) is 0 Å². The van der Waals surface area contributed by atoms with E-state index < -0.39 is 35.4 Å². The molecule has 0 bridgehead atoms. The summed E-state index contributed by atoms with van der Waals surface area (Å²) >= 11 is 5.66. The highest BCUT2D eigenvalue weighted by Gasteiger charge is 2.36. The van der Waals surface area contributed by atoms with Gasteiger partial charge in [-0.2, -0.15) is 0 Å². The molecule has 1 aliphatic rings. The van der Waals surface area contributed by atoms with Crippen LogP contribution in [0.15, 0.2) is 18.2 Å². The number of anilines is 1. The van der Waals surface area contributed by atoms with Crippen LogP contribution in [0.3, 0.4) is 0 Å². The molecule has 1 aromatic carbocycles. The number of carbonyl (C=O) groups is 3. The molecule has 0 radical (unpaired) electrons.